The minimum absolute atomic E-state index is 0.0445. The molecule has 0 amide bonds. The van der Waals surface area contributed by atoms with E-state index in [0.717, 1.165) is 22.9 Å². The van der Waals surface area contributed by atoms with E-state index in [2.05, 4.69) is 38.2 Å². The largest absolute Gasteiger partial charge is 0.271 e. The molecule has 0 aliphatic rings. The third-order valence-electron chi connectivity index (χ3n) is 2.79. The van der Waals surface area contributed by atoms with Crippen LogP contribution in [0.3, 0.4) is 0 Å². The van der Waals surface area contributed by atoms with E-state index in [1.54, 1.807) is 11.3 Å². The summed E-state index contributed by atoms with van der Waals surface area (Å²) in [7, 11) is 0. The molecule has 0 aliphatic heterocycles. The second-order valence-corrected chi connectivity index (χ2v) is 5.79. The van der Waals surface area contributed by atoms with Crippen molar-refractivity contribution in [3.05, 3.63) is 56.4 Å². The first-order chi connectivity index (χ1) is 8.69. The molecule has 2 rings (SSSR count). The molecule has 0 aliphatic carbocycles. The normalized spacial score (nSPS) is 12.6. The second-order valence-electron chi connectivity index (χ2n) is 4.09. The number of rotatable bonds is 5. The van der Waals surface area contributed by atoms with E-state index in [1.807, 2.05) is 6.07 Å². The minimum Gasteiger partial charge on any atom is -0.271 e. The highest BCUT2D eigenvalue weighted by atomic mass is 79.9. The number of benzene rings is 1. The topological polar surface area (TPSA) is 38.0 Å². The van der Waals surface area contributed by atoms with Crippen LogP contribution >= 0.6 is 27.3 Å². The Bertz CT molecular complexity index is 481. The van der Waals surface area contributed by atoms with Crippen LogP contribution in [0.4, 0.5) is 4.39 Å². The van der Waals surface area contributed by atoms with E-state index >= 15 is 0 Å². The van der Waals surface area contributed by atoms with Crippen LogP contribution in [0.15, 0.2) is 39.5 Å². The highest BCUT2D eigenvalue weighted by Gasteiger charge is 2.11. The number of halogens is 2. The quantitative estimate of drug-likeness (QED) is 0.647. The van der Waals surface area contributed by atoms with E-state index < -0.39 is 0 Å². The molecule has 96 valence electrons. The Hall–Kier alpha value is -0.750. The molecule has 1 unspecified atom stereocenters. The van der Waals surface area contributed by atoms with Crippen molar-refractivity contribution in [2.75, 3.05) is 0 Å². The van der Waals surface area contributed by atoms with Crippen molar-refractivity contribution in [3.8, 4) is 0 Å². The molecule has 5 heteroatoms. The Morgan fingerprint density at radius 3 is 2.83 bits per heavy atom. The number of hydrogen-bond acceptors (Lipinski definition) is 3. The summed E-state index contributed by atoms with van der Waals surface area (Å²) in [6, 6.07) is 6.90. The van der Waals surface area contributed by atoms with Crippen LogP contribution in [-0.2, 0) is 6.42 Å². The van der Waals surface area contributed by atoms with Crippen LogP contribution in [-0.4, -0.2) is 0 Å². The van der Waals surface area contributed by atoms with Crippen molar-refractivity contribution in [3.63, 3.8) is 0 Å². The molecule has 3 N–H and O–H groups in total. The molecule has 0 saturated heterocycles. The summed E-state index contributed by atoms with van der Waals surface area (Å²) in [4.78, 5) is 0. The van der Waals surface area contributed by atoms with Crippen molar-refractivity contribution < 1.29 is 4.39 Å². The summed E-state index contributed by atoms with van der Waals surface area (Å²) in [6.45, 7) is 0. The first-order valence-corrected chi connectivity index (χ1v) is 7.36. The number of nitrogens with two attached hydrogens (primary N) is 1. The third-order valence-corrected chi connectivity index (χ3v) is 3.98. The van der Waals surface area contributed by atoms with Crippen molar-refractivity contribution in [2.24, 2.45) is 5.84 Å². The molecule has 0 saturated carbocycles. The first kappa shape index (κ1) is 13.7. The van der Waals surface area contributed by atoms with E-state index in [-0.39, 0.29) is 11.9 Å². The zero-order valence-corrected chi connectivity index (χ0v) is 12.1. The van der Waals surface area contributed by atoms with Gasteiger partial charge in [0, 0.05) is 10.5 Å². The highest BCUT2D eigenvalue weighted by Crippen LogP contribution is 2.23. The minimum atomic E-state index is -0.254. The van der Waals surface area contributed by atoms with E-state index in [1.165, 1.54) is 17.7 Å². The smallest absolute Gasteiger partial charge is 0.124 e. The van der Waals surface area contributed by atoms with E-state index in [4.69, 9.17) is 5.84 Å². The zero-order chi connectivity index (χ0) is 13.0. The fourth-order valence-corrected chi connectivity index (χ4v) is 3.05. The Morgan fingerprint density at radius 2 is 2.22 bits per heavy atom. The van der Waals surface area contributed by atoms with Crippen LogP contribution in [0.1, 0.15) is 23.6 Å². The molecule has 1 atom stereocenters. The van der Waals surface area contributed by atoms with Crippen LogP contribution in [0.5, 0.6) is 0 Å². The zero-order valence-electron chi connectivity index (χ0n) is 9.70. The Kier molecular flexibility index (Phi) is 4.88. The maximum Gasteiger partial charge on any atom is 0.124 e. The molecule has 0 fully saturated rings. The van der Waals surface area contributed by atoms with Crippen LogP contribution in [0.25, 0.3) is 0 Å². The fraction of sp³-hybridized carbons (Fsp3) is 0.231. The molecule has 2 aromatic rings. The Balaban J connectivity index is 2.07. The first-order valence-electron chi connectivity index (χ1n) is 5.62. The standard InChI is InChI=1S/C13H14BrFN2S/c14-11-5-10(6-12(15)7-11)13(17-16)2-1-9-3-4-18-8-9/h3-8,13,17H,1-2,16H2. The van der Waals surface area contributed by atoms with Crippen LogP contribution in [0.2, 0.25) is 0 Å². The average Bonchev–Trinajstić information content (AvgIpc) is 2.81. The third kappa shape index (κ3) is 3.62. The SMILES string of the molecule is NNC(CCc1ccsc1)c1cc(F)cc(Br)c1. The maximum atomic E-state index is 13.3. The maximum absolute atomic E-state index is 13.3. The fourth-order valence-electron chi connectivity index (χ4n) is 1.87. The molecule has 1 aromatic carbocycles. The molecule has 0 bridgehead atoms. The number of aryl methyl sites for hydroxylation is 1. The molecule has 0 radical (unpaired) electrons. The summed E-state index contributed by atoms with van der Waals surface area (Å²) >= 11 is 4.97. The summed E-state index contributed by atoms with van der Waals surface area (Å²) in [5.41, 5.74) is 4.90. The predicted molar refractivity (Wildman–Crippen MR) is 76.8 cm³/mol. The van der Waals surface area contributed by atoms with Gasteiger partial charge >= 0.3 is 0 Å². The molecule has 1 heterocycles. The molecular weight excluding hydrogens is 315 g/mol. The van der Waals surface area contributed by atoms with Crippen molar-refractivity contribution in [2.45, 2.75) is 18.9 Å². The number of hydrogen-bond donors (Lipinski definition) is 2. The monoisotopic (exact) mass is 328 g/mol. The molecule has 18 heavy (non-hydrogen) atoms. The van der Waals surface area contributed by atoms with Gasteiger partial charge in [-0.1, -0.05) is 15.9 Å². The van der Waals surface area contributed by atoms with Gasteiger partial charge in [0.2, 0.25) is 0 Å². The van der Waals surface area contributed by atoms with Gasteiger partial charge < -0.3 is 0 Å². The van der Waals surface area contributed by atoms with Gasteiger partial charge in [0.05, 0.1) is 0 Å². The number of thiophene rings is 1. The lowest BCUT2D eigenvalue weighted by Crippen LogP contribution is -2.28. The van der Waals surface area contributed by atoms with Gasteiger partial charge in [0.1, 0.15) is 5.82 Å². The van der Waals surface area contributed by atoms with E-state index in [0.29, 0.717) is 0 Å². The van der Waals surface area contributed by atoms with Crippen LogP contribution < -0.4 is 11.3 Å². The molecule has 0 spiro atoms. The van der Waals surface area contributed by atoms with Gasteiger partial charge in [-0.3, -0.25) is 11.3 Å². The lowest BCUT2D eigenvalue weighted by atomic mass is 10.0. The lowest BCUT2D eigenvalue weighted by molar-refractivity contribution is 0.512. The number of hydrazine groups is 1. The molecule has 1 aromatic heterocycles. The van der Waals surface area contributed by atoms with Gasteiger partial charge in [-0.05, 0) is 59.0 Å². The highest BCUT2D eigenvalue weighted by molar-refractivity contribution is 9.10. The van der Waals surface area contributed by atoms with E-state index in [9.17, 15) is 4.39 Å². The molecular formula is C13H14BrFN2S. The van der Waals surface area contributed by atoms with Gasteiger partial charge in [-0.15, -0.1) is 0 Å². The lowest BCUT2D eigenvalue weighted by Gasteiger charge is -2.16. The molecule has 2 nitrogen and oxygen atoms in total. The average molecular weight is 329 g/mol. The second kappa shape index (κ2) is 6.43. The van der Waals surface area contributed by atoms with Gasteiger partial charge in [0.15, 0.2) is 0 Å². The van der Waals surface area contributed by atoms with Crippen LogP contribution in [0, 0.1) is 5.82 Å². The summed E-state index contributed by atoms with van der Waals surface area (Å²) < 4.78 is 14.1. The summed E-state index contributed by atoms with van der Waals surface area (Å²) in [6.07, 6.45) is 1.76. The summed E-state index contributed by atoms with van der Waals surface area (Å²) in [5.74, 6) is 5.30. The Labute approximate surface area is 118 Å². The van der Waals surface area contributed by atoms with Crippen molar-refractivity contribution >= 4 is 27.3 Å². The Morgan fingerprint density at radius 1 is 1.39 bits per heavy atom. The predicted octanol–water partition coefficient (Wildman–Crippen LogP) is 3.79. The summed E-state index contributed by atoms with van der Waals surface area (Å²) in [5, 5.41) is 4.17. The van der Waals surface area contributed by atoms with Gasteiger partial charge in [0.25, 0.3) is 0 Å². The van der Waals surface area contributed by atoms with Crippen molar-refractivity contribution in [1.29, 1.82) is 0 Å². The number of nitrogens with one attached hydrogen (secondary N) is 1. The van der Waals surface area contributed by atoms with Gasteiger partial charge in [-0.2, -0.15) is 11.3 Å². The van der Waals surface area contributed by atoms with Gasteiger partial charge in [-0.25, -0.2) is 4.39 Å². The van der Waals surface area contributed by atoms with Crippen molar-refractivity contribution in [1.82, 2.24) is 5.43 Å².